The van der Waals surface area contributed by atoms with Crippen LogP contribution in [0, 0.1) is 0 Å². The molecule has 1 N–H and O–H groups in total. The van der Waals surface area contributed by atoms with Crippen LogP contribution in [-0.2, 0) is 8.22 Å². The zero-order valence-electron chi connectivity index (χ0n) is 12.3. The van der Waals surface area contributed by atoms with E-state index in [1.165, 1.54) is 32.1 Å². The van der Waals surface area contributed by atoms with Crippen LogP contribution in [0.2, 0.25) is 0 Å². The van der Waals surface area contributed by atoms with Crippen LogP contribution in [-0.4, -0.2) is 11.1 Å². The fourth-order valence-corrected chi connectivity index (χ4v) is 3.14. The number of aliphatic carboxylic acids is 1. The van der Waals surface area contributed by atoms with Gasteiger partial charge in [-0.1, -0.05) is 105 Å². The minimum absolute atomic E-state index is 0.709. The lowest BCUT2D eigenvalue weighted by Crippen LogP contribution is -2.28. The van der Waals surface area contributed by atoms with E-state index in [0.29, 0.717) is 6.42 Å². The summed E-state index contributed by atoms with van der Waals surface area (Å²) < 4.78 is -0.775. The zero-order valence-corrected chi connectivity index (χ0v) is 14.4. The molecule has 112 valence electrons. The van der Waals surface area contributed by atoms with E-state index in [2.05, 4.69) is 29.5 Å². The summed E-state index contributed by atoms with van der Waals surface area (Å²) in [6, 6.07) is 9.59. The number of unbranched alkanes of at least 4 members (excludes halogenated alkanes) is 6. The van der Waals surface area contributed by atoms with Crippen LogP contribution in [0.15, 0.2) is 30.3 Å². The second kappa shape index (κ2) is 9.37. The molecule has 2 nitrogen and oxygen atoms in total. The monoisotopic (exact) mass is 388 g/mol. The third-order valence-electron chi connectivity index (χ3n) is 3.70. The van der Waals surface area contributed by atoms with E-state index < -0.39 is 9.39 Å². The maximum Gasteiger partial charge on any atom is 0.324 e. The Labute approximate surface area is 136 Å². The lowest BCUT2D eigenvalue weighted by Gasteiger charge is -2.23. The van der Waals surface area contributed by atoms with Gasteiger partial charge in [-0.3, -0.25) is 4.79 Å². The van der Waals surface area contributed by atoms with Crippen LogP contribution >= 0.6 is 22.6 Å². The second-order valence-electron chi connectivity index (χ2n) is 5.34. The maximum atomic E-state index is 11.6. The van der Waals surface area contributed by atoms with Crippen molar-refractivity contribution in [2.75, 3.05) is 0 Å². The van der Waals surface area contributed by atoms with Crippen LogP contribution < -0.4 is 0 Å². The minimum atomic E-state index is -0.775. The molecule has 0 fully saturated rings. The Morgan fingerprint density at radius 2 is 1.60 bits per heavy atom. The molecule has 1 atom stereocenters. The Balaban J connectivity index is 2.43. The first-order valence-corrected chi connectivity index (χ1v) is 8.67. The van der Waals surface area contributed by atoms with Gasteiger partial charge in [0, 0.05) is 0 Å². The van der Waals surface area contributed by atoms with Gasteiger partial charge in [0.25, 0.3) is 0 Å². The molecule has 0 aliphatic rings. The van der Waals surface area contributed by atoms with Gasteiger partial charge in [-0.25, -0.2) is 0 Å². The number of carboxylic acids is 1. The summed E-state index contributed by atoms with van der Waals surface area (Å²) in [5.41, 5.74) is 0.902. The molecule has 0 aliphatic heterocycles. The van der Waals surface area contributed by atoms with E-state index in [1.807, 2.05) is 30.3 Å². The maximum absolute atomic E-state index is 11.6. The molecule has 0 amide bonds. The molecule has 1 unspecified atom stereocenters. The van der Waals surface area contributed by atoms with Gasteiger partial charge < -0.3 is 5.11 Å². The van der Waals surface area contributed by atoms with Crippen LogP contribution in [0.1, 0.15) is 63.9 Å². The van der Waals surface area contributed by atoms with Crippen molar-refractivity contribution in [2.24, 2.45) is 0 Å². The van der Waals surface area contributed by atoms with E-state index in [1.54, 1.807) is 0 Å². The first-order chi connectivity index (χ1) is 9.61. The molecule has 0 spiro atoms. The van der Waals surface area contributed by atoms with Gasteiger partial charge in [-0.05, 0) is 12.0 Å². The standard InChI is InChI=1S/C17H25IO2/c1-2-3-4-5-6-7-11-14-17(18,16(19)20)15-12-9-8-10-13-15/h8-10,12-13H,2-7,11,14H2,1H3,(H,19,20). The van der Waals surface area contributed by atoms with Gasteiger partial charge in [0.2, 0.25) is 0 Å². The number of benzene rings is 1. The smallest absolute Gasteiger partial charge is 0.324 e. The number of halogens is 1. The van der Waals surface area contributed by atoms with Gasteiger partial charge in [-0.15, -0.1) is 0 Å². The van der Waals surface area contributed by atoms with E-state index in [4.69, 9.17) is 0 Å². The molecular formula is C17H25IO2. The summed E-state index contributed by atoms with van der Waals surface area (Å²) in [7, 11) is 0. The summed E-state index contributed by atoms with van der Waals surface area (Å²) in [5, 5.41) is 9.55. The highest BCUT2D eigenvalue weighted by molar-refractivity contribution is 14.1. The number of hydrogen-bond donors (Lipinski definition) is 1. The molecule has 0 heterocycles. The Hall–Kier alpha value is -0.580. The quantitative estimate of drug-likeness (QED) is 0.325. The minimum Gasteiger partial charge on any atom is -0.480 e. The molecule has 20 heavy (non-hydrogen) atoms. The first-order valence-electron chi connectivity index (χ1n) is 7.59. The number of alkyl halides is 1. The largest absolute Gasteiger partial charge is 0.480 e. The third-order valence-corrected chi connectivity index (χ3v) is 5.32. The Bertz CT molecular complexity index is 391. The lowest BCUT2D eigenvalue weighted by atomic mass is 9.93. The molecule has 0 aliphatic carbocycles. The molecule has 0 bridgehead atoms. The summed E-state index contributed by atoms with van der Waals surface area (Å²) >= 11 is 2.11. The van der Waals surface area contributed by atoms with Gasteiger partial charge in [0.1, 0.15) is 3.42 Å². The van der Waals surface area contributed by atoms with Crippen molar-refractivity contribution in [1.82, 2.24) is 0 Å². The number of hydrogen-bond acceptors (Lipinski definition) is 1. The summed E-state index contributed by atoms with van der Waals surface area (Å²) in [5.74, 6) is -0.727. The van der Waals surface area contributed by atoms with Gasteiger partial charge in [-0.2, -0.15) is 0 Å². The predicted octanol–water partition coefficient (Wildman–Crippen LogP) is 5.54. The fraction of sp³-hybridized carbons (Fsp3) is 0.588. The Morgan fingerprint density at radius 1 is 1.05 bits per heavy atom. The van der Waals surface area contributed by atoms with E-state index in [0.717, 1.165) is 18.4 Å². The van der Waals surface area contributed by atoms with Crippen molar-refractivity contribution in [3.8, 4) is 0 Å². The molecule has 3 heteroatoms. The Morgan fingerprint density at radius 3 is 2.15 bits per heavy atom. The summed E-state index contributed by atoms with van der Waals surface area (Å²) in [6.07, 6.45) is 9.22. The Kier molecular flexibility index (Phi) is 8.19. The van der Waals surface area contributed by atoms with Crippen LogP contribution in [0.3, 0.4) is 0 Å². The van der Waals surface area contributed by atoms with Gasteiger partial charge >= 0.3 is 5.97 Å². The highest BCUT2D eigenvalue weighted by Gasteiger charge is 2.36. The molecule has 1 rings (SSSR count). The van der Waals surface area contributed by atoms with Crippen LogP contribution in [0.5, 0.6) is 0 Å². The van der Waals surface area contributed by atoms with Crippen LogP contribution in [0.4, 0.5) is 0 Å². The molecule has 0 aromatic heterocycles. The van der Waals surface area contributed by atoms with E-state index in [9.17, 15) is 9.90 Å². The highest BCUT2D eigenvalue weighted by atomic mass is 127. The average Bonchev–Trinajstić information content (AvgIpc) is 2.46. The van der Waals surface area contributed by atoms with Crippen molar-refractivity contribution in [1.29, 1.82) is 0 Å². The number of rotatable bonds is 10. The predicted molar refractivity (Wildman–Crippen MR) is 92.4 cm³/mol. The van der Waals surface area contributed by atoms with Crippen LogP contribution in [0.25, 0.3) is 0 Å². The van der Waals surface area contributed by atoms with Crippen molar-refractivity contribution in [3.05, 3.63) is 35.9 Å². The molecule has 0 saturated heterocycles. The SMILES string of the molecule is CCCCCCCCCC(I)(C(=O)O)c1ccccc1. The number of carboxylic acid groups (broad SMARTS) is 1. The molecule has 0 radical (unpaired) electrons. The highest BCUT2D eigenvalue weighted by Crippen LogP contribution is 2.37. The zero-order chi connectivity index (χ0) is 14.8. The normalized spacial score (nSPS) is 13.9. The average molecular weight is 388 g/mol. The first kappa shape index (κ1) is 17.5. The van der Waals surface area contributed by atoms with E-state index in [-0.39, 0.29) is 0 Å². The van der Waals surface area contributed by atoms with Gasteiger partial charge in [0.05, 0.1) is 0 Å². The summed E-state index contributed by atoms with van der Waals surface area (Å²) in [4.78, 5) is 11.6. The molecular weight excluding hydrogens is 363 g/mol. The fourth-order valence-electron chi connectivity index (χ4n) is 2.40. The molecule has 1 aromatic rings. The van der Waals surface area contributed by atoms with E-state index >= 15 is 0 Å². The lowest BCUT2D eigenvalue weighted by molar-refractivity contribution is -0.139. The third kappa shape index (κ3) is 5.43. The van der Waals surface area contributed by atoms with Crippen molar-refractivity contribution >= 4 is 28.6 Å². The topological polar surface area (TPSA) is 37.3 Å². The van der Waals surface area contributed by atoms with Crippen molar-refractivity contribution in [2.45, 2.75) is 61.7 Å². The molecule has 0 saturated carbocycles. The van der Waals surface area contributed by atoms with Crippen molar-refractivity contribution in [3.63, 3.8) is 0 Å². The second-order valence-corrected chi connectivity index (χ2v) is 7.19. The van der Waals surface area contributed by atoms with Crippen molar-refractivity contribution < 1.29 is 9.90 Å². The number of carbonyl (C=O) groups is 1. The molecule has 1 aromatic carbocycles. The van der Waals surface area contributed by atoms with Gasteiger partial charge in [0.15, 0.2) is 0 Å². The summed E-state index contributed by atoms with van der Waals surface area (Å²) in [6.45, 7) is 2.22.